The first-order valence-corrected chi connectivity index (χ1v) is 6.38. The summed E-state index contributed by atoms with van der Waals surface area (Å²) in [5.74, 6) is -1.27. The van der Waals surface area contributed by atoms with Gasteiger partial charge >= 0.3 is 7.82 Å². The van der Waals surface area contributed by atoms with Crippen molar-refractivity contribution < 1.29 is 32.0 Å². The highest BCUT2D eigenvalue weighted by molar-refractivity contribution is 7.46. The fourth-order valence-electron chi connectivity index (χ4n) is 1.31. The SMILES string of the molecule is CCCC(OP(=O)(O)O)C(C)C(F)C(F)F. The molecule has 98 valence electrons. The Morgan fingerprint density at radius 3 is 2.12 bits per heavy atom. The van der Waals surface area contributed by atoms with Gasteiger partial charge in [-0.1, -0.05) is 20.3 Å². The molecule has 3 unspecified atom stereocenters. The molecule has 3 atom stereocenters. The van der Waals surface area contributed by atoms with Gasteiger partial charge in [-0.25, -0.2) is 17.7 Å². The van der Waals surface area contributed by atoms with Crippen LogP contribution < -0.4 is 0 Å². The van der Waals surface area contributed by atoms with Crippen molar-refractivity contribution in [3.8, 4) is 0 Å². The van der Waals surface area contributed by atoms with Crippen LogP contribution in [0.15, 0.2) is 0 Å². The van der Waals surface area contributed by atoms with Crippen LogP contribution in [0, 0.1) is 5.92 Å². The van der Waals surface area contributed by atoms with Crippen molar-refractivity contribution in [2.24, 2.45) is 5.92 Å². The molecule has 4 nitrogen and oxygen atoms in total. The standard InChI is InChI=1S/C8H16F3O4P/c1-3-4-6(15-16(12,13)14)5(2)7(9)8(10)11/h5-8H,3-4H2,1-2H3,(H2,12,13,14). The Morgan fingerprint density at radius 1 is 1.31 bits per heavy atom. The lowest BCUT2D eigenvalue weighted by atomic mass is 9.96. The van der Waals surface area contributed by atoms with Gasteiger partial charge in [-0.15, -0.1) is 0 Å². The van der Waals surface area contributed by atoms with E-state index < -0.39 is 32.4 Å². The van der Waals surface area contributed by atoms with Crippen LogP contribution in [0.1, 0.15) is 26.7 Å². The minimum Gasteiger partial charge on any atom is -0.303 e. The van der Waals surface area contributed by atoms with Gasteiger partial charge in [-0.05, 0) is 6.42 Å². The van der Waals surface area contributed by atoms with E-state index in [-0.39, 0.29) is 6.42 Å². The lowest BCUT2D eigenvalue weighted by molar-refractivity contribution is -0.0246. The summed E-state index contributed by atoms with van der Waals surface area (Å²) >= 11 is 0. The molecule has 8 heteroatoms. The minimum atomic E-state index is -4.79. The summed E-state index contributed by atoms with van der Waals surface area (Å²) in [5.41, 5.74) is 0. The predicted molar refractivity (Wildman–Crippen MR) is 51.9 cm³/mol. The number of halogens is 3. The van der Waals surface area contributed by atoms with E-state index in [1.165, 1.54) is 0 Å². The summed E-state index contributed by atoms with van der Waals surface area (Å²) in [6.07, 6.45) is -6.29. The molecule has 0 aliphatic carbocycles. The van der Waals surface area contributed by atoms with E-state index in [9.17, 15) is 17.7 Å². The van der Waals surface area contributed by atoms with E-state index in [1.807, 2.05) is 0 Å². The van der Waals surface area contributed by atoms with Crippen molar-refractivity contribution in [3.63, 3.8) is 0 Å². The normalized spacial score (nSPS) is 18.5. The largest absolute Gasteiger partial charge is 0.469 e. The second-order valence-electron chi connectivity index (χ2n) is 3.56. The van der Waals surface area contributed by atoms with Crippen molar-refractivity contribution in [2.75, 3.05) is 0 Å². The Morgan fingerprint density at radius 2 is 1.81 bits per heavy atom. The van der Waals surface area contributed by atoms with Crippen LogP contribution in [0.3, 0.4) is 0 Å². The lowest BCUT2D eigenvalue weighted by Crippen LogP contribution is -2.32. The van der Waals surface area contributed by atoms with Gasteiger partial charge < -0.3 is 9.79 Å². The third-order valence-electron chi connectivity index (χ3n) is 2.18. The number of phosphoric acid groups is 1. The second-order valence-corrected chi connectivity index (χ2v) is 4.75. The van der Waals surface area contributed by atoms with Crippen molar-refractivity contribution in [2.45, 2.75) is 45.4 Å². The molecule has 0 bridgehead atoms. The second kappa shape index (κ2) is 6.59. The van der Waals surface area contributed by atoms with Gasteiger partial charge in [0.05, 0.1) is 6.10 Å². The molecule has 16 heavy (non-hydrogen) atoms. The Hall–Kier alpha value is -0.100. The van der Waals surface area contributed by atoms with Gasteiger partial charge in [-0.2, -0.15) is 0 Å². The van der Waals surface area contributed by atoms with Crippen LogP contribution in [-0.4, -0.2) is 28.5 Å². The van der Waals surface area contributed by atoms with Crippen LogP contribution in [0.25, 0.3) is 0 Å². The molecular formula is C8H16F3O4P. The van der Waals surface area contributed by atoms with Crippen LogP contribution in [0.5, 0.6) is 0 Å². The molecule has 0 rings (SSSR count). The summed E-state index contributed by atoms with van der Waals surface area (Å²) < 4.78 is 52.0. The molecule has 0 saturated carbocycles. The van der Waals surface area contributed by atoms with E-state index in [0.717, 1.165) is 6.92 Å². The molecule has 0 heterocycles. The third-order valence-corrected chi connectivity index (χ3v) is 2.72. The average molecular weight is 264 g/mol. The first kappa shape index (κ1) is 15.9. The molecule has 0 aromatic carbocycles. The molecule has 0 amide bonds. The first-order chi connectivity index (χ1) is 7.19. The zero-order valence-electron chi connectivity index (χ0n) is 9.02. The molecule has 0 aromatic heterocycles. The van der Waals surface area contributed by atoms with Gasteiger partial charge in [-0.3, -0.25) is 4.52 Å². The summed E-state index contributed by atoms with van der Waals surface area (Å²) in [6, 6.07) is 0. The Kier molecular flexibility index (Phi) is 6.55. The zero-order chi connectivity index (χ0) is 12.9. The van der Waals surface area contributed by atoms with Crippen LogP contribution in [0.4, 0.5) is 13.2 Å². The average Bonchev–Trinajstić information content (AvgIpc) is 2.12. The smallest absolute Gasteiger partial charge is 0.303 e. The molecule has 0 saturated heterocycles. The quantitative estimate of drug-likeness (QED) is 0.693. The van der Waals surface area contributed by atoms with E-state index in [0.29, 0.717) is 6.42 Å². The number of phosphoric ester groups is 1. The monoisotopic (exact) mass is 264 g/mol. The van der Waals surface area contributed by atoms with Crippen LogP contribution in [-0.2, 0) is 9.09 Å². The number of rotatable bonds is 7. The van der Waals surface area contributed by atoms with E-state index in [4.69, 9.17) is 9.79 Å². The predicted octanol–water partition coefficient (Wildman–Crippen LogP) is 2.50. The minimum absolute atomic E-state index is 0.111. The van der Waals surface area contributed by atoms with Gasteiger partial charge in [0.2, 0.25) is 0 Å². The van der Waals surface area contributed by atoms with Gasteiger partial charge in [0.1, 0.15) is 0 Å². The summed E-state index contributed by atoms with van der Waals surface area (Å²) in [7, 11) is -4.79. The highest BCUT2D eigenvalue weighted by atomic mass is 31.2. The van der Waals surface area contributed by atoms with Gasteiger partial charge in [0, 0.05) is 5.92 Å². The maximum absolute atomic E-state index is 13.0. The fraction of sp³-hybridized carbons (Fsp3) is 1.00. The van der Waals surface area contributed by atoms with Crippen molar-refractivity contribution in [3.05, 3.63) is 0 Å². The number of hydrogen-bond donors (Lipinski definition) is 2. The Labute approximate surface area is 92.0 Å². The summed E-state index contributed by atoms with van der Waals surface area (Å²) in [6.45, 7) is 2.82. The highest BCUT2D eigenvalue weighted by Crippen LogP contribution is 2.41. The molecule has 2 N–H and O–H groups in total. The number of hydrogen-bond acceptors (Lipinski definition) is 2. The Balaban J connectivity index is 4.58. The van der Waals surface area contributed by atoms with Crippen LogP contribution >= 0.6 is 7.82 Å². The molecule has 0 radical (unpaired) electrons. The molecule has 0 spiro atoms. The summed E-state index contributed by atoms with van der Waals surface area (Å²) in [4.78, 5) is 17.1. The van der Waals surface area contributed by atoms with E-state index >= 15 is 0 Å². The lowest BCUT2D eigenvalue weighted by Gasteiger charge is -2.26. The zero-order valence-corrected chi connectivity index (χ0v) is 9.91. The summed E-state index contributed by atoms with van der Waals surface area (Å²) in [5, 5.41) is 0. The van der Waals surface area contributed by atoms with Crippen molar-refractivity contribution in [1.29, 1.82) is 0 Å². The maximum Gasteiger partial charge on any atom is 0.469 e. The van der Waals surface area contributed by atoms with Crippen molar-refractivity contribution >= 4 is 7.82 Å². The third kappa shape index (κ3) is 5.84. The molecule has 0 aromatic rings. The first-order valence-electron chi connectivity index (χ1n) is 4.85. The van der Waals surface area contributed by atoms with Gasteiger partial charge in [0.15, 0.2) is 6.17 Å². The fourth-order valence-corrected chi connectivity index (χ4v) is 1.96. The number of alkyl halides is 3. The van der Waals surface area contributed by atoms with Crippen LogP contribution in [0.2, 0.25) is 0 Å². The van der Waals surface area contributed by atoms with E-state index in [2.05, 4.69) is 4.52 Å². The maximum atomic E-state index is 13.0. The van der Waals surface area contributed by atoms with E-state index in [1.54, 1.807) is 6.92 Å². The van der Waals surface area contributed by atoms with Crippen molar-refractivity contribution in [1.82, 2.24) is 0 Å². The Bertz CT molecular complexity index is 245. The molecule has 0 aliphatic heterocycles. The highest BCUT2D eigenvalue weighted by Gasteiger charge is 2.35. The molecular weight excluding hydrogens is 248 g/mol. The molecule has 0 aliphatic rings. The topological polar surface area (TPSA) is 66.8 Å². The van der Waals surface area contributed by atoms with Gasteiger partial charge in [0.25, 0.3) is 6.43 Å². The molecule has 0 fully saturated rings.